The Balaban J connectivity index is 2.09. The third-order valence-corrected chi connectivity index (χ3v) is 4.54. The smallest absolute Gasteiger partial charge is 0.247 e. The lowest BCUT2D eigenvalue weighted by Gasteiger charge is -2.15. The maximum atomic E-state index is 13.4. The van der Waals surface area contributed by atoms with Crippen LogP contribution in [0.1, 0.15) is 42.6 Å². The van der Waals surface area contributed by atoms with E-state index in [9.17, 15) is 18.0 Å². The molecule has 0 bridgehead atoms. The molecule has 0 saturated heterocycles. The fourth-order valence-electron chi connectivity index (χ4n) is 3.15. The number of fused-ring (bicyclic) bond motifs is 1. The van der Waals surface area contributed by atoms with E-state index in [0.29, 0.717) is 28.9 Å². The van der Waals surface area contributed by atoms with Crippen molar-refractivity contribution in [2.24, 2.45) is 0 Å². The Morgan fingerprint density at radius 1 is 1.19 bits per heavy atom. The maximum Gasteiger partial charge on any atom is 0.437 e. The molecule has 1 aliphatic carbocycles. The van der Waals surface area contributed by atoms with Crippen molar-refractivity contribution in [2.75, 3.05) is 0 Å². The normalized spacial score (nSPS) is 14.8. The average Bonchev–Trinajstić information content (AvgIpc) is 3.45. The molecule has 4 rings (SSSR count). The number of hydrogen-bond donors (Lipinski definition) is 0. The third-order valence-electron chi connectivity index (χ3n) is 4.54. The SMILES string of the molecule is CCc1nc(=O)n(-c2nccnc2C(F)(F)F)c2cc(C3CC3)ccc12. The minimum absolute atomic E-state index is 0.386. The fraction of sp³-hybridized carbons (Fsp3) is 0.333. The second-order valence-electron chi connectivity index (χ2n) is 6.31. The van der Waals surface area contributed by atoms with Gasteiger partial charge in [-0.3, -0.25) is 0 Å². The number of alkyl halides is 3. The zero-order valence-electron chi connectivity index (χ0n) is 13.9. The summed E-state index contributed by atoms with van der Waals surface area (Å²) in [6, 6.07) is 5.56. The van der Waals surface area contributed by atoms with Crippen LogP contribution in [0, 0.1) is 0 Å². The van der Waals surface area contributed by atoms with E-state index in [1.807, 2.05) is 19.1 Å². The van der Waals surface area contributed by atoms with E-state index in [-0.39, 0.29) is 0 Å². The second kappa shape index (κ2) is 5.89. The Kier molecular flexibility index (Phi) is 3.78. The van der Waals surface area contributed by atoms with Gasteiger partial charge in [0.05, 0.1) is 11.2 Å². The molecule has 0 amide bonds. The van der Waals surface area contributed by atoms with Crippen LogP contribution in [0.5, 0.6) is 0 Å². The Morgan fingerprint density at radius 2 is 1.92 bits per heavy atom. The van der Waals surface area contributed by atoms with Crippen LogP contribution in [0.2, 0.25) is 0 Å². The molecule has 1 aliphatic rings. The molecule has 26 heavy (non-hydrogen) atoms. The molecular formula is C18H15F3N4O. The summed E-state index contributed by atoms with van der Waals surface area (Å²) in [5, 5.41) is 0.648. The highest BCUT2D eigenvalue weighted by atomic mass is 19.4. The predicted molar refractivity (Wildman–Crippen MR) is 89.3 cm³/mol. The first-order valence-electron chi connectivity index (χ1n) is 8.34. The molecule has 1 fully saturated rings. The number of rotatable bonds is 3. The van der Waals surface area contributed by atoms with Gasteiger partial charge in [-0.2, -0.15) is 18.2 Å². The Bertz CT molecular complexity index is 1050. The van der Waals surface area contributed by atoms with Crippen LogP contribution in [0.4, 0.5) is 13.2 Å². The van der Waals surface area contributed by atoms with Crippen molar-refractivity contribution < 1.29 is 13.2 Å². The van der Waals surface area contributed by atoms with Crippen molar-refractivity contribution in [3.05, 3.63) is 58.0 Å². The number of halogens is 3. The molecule has 0 N–H and O–H groups in total. The van der Waals surface area contributed by atoms with Crippen molar-refractivity contribution in [3.8, 4) is 5.82 Å². The van der Waals surface area contributed by atoms with Gasteiger partial charge in [-0.25, -0.2) is 19.3 Å². The highest BCUT2D eigenvalue weighted by Gasteiger charge is 2.37. The zero-order valence-corrected chi connectivity index (χ0v) is 13.9. The predicted octanol–water partition coefficient (Wildman–Crippen LogP) is 3.63. The number of nitrogens with zero attached hydrogens (tertiary/aromatic N) is 4. The van der Waals surface area contributed by atoms with E-state index in [1.54, 1.807) is 6.07 Å². The highest BCUT2D eigenvalue weighted by molar-refractivity contribution is 5.83. The molecule has 0 spiro atoms. The number of benzene rings is 1. The first-order valence-corrected chi connectivity index (χ1v) is 8.34. The van der Waals surface area contributed by atoms with Crippen LogP contribution in [0.25, 0.3) is 16.7 Å². The molecule has 134 valence electrons. The molecule has 3 aromatic rings. The van der Waals surface area contributed by atoms with Gasteiger partial charge in [-0.1, -0.05) is 19.1 Å². The molecule has 8 heteroatoms. The molecule has 2 aromatic heterocycles. The van der Waals surface area contributed by atoms with Crippen molar-refractivity contribution in [1.29, 1.82) is 0 Å². The van der Waals surface area contributed by atoms with Gasteiger partial charge >= 0.3 is 11.9 Å². The van der Waals surface area contributed by atoms with Crippen LogP contribution in [0.15, 0.2) is 35.4 Å². The first kappa shape index (κ1) is 16.7. The first-order chi connectivity index (χ1) is 12.4. The molecule has 5 nitrogen and oxygen atoms in total. The van der Waals surface area contributed by atoms with Crippen LogP contribution in [-0.2, 0) is 12.6 Å². The van der Waals surface area contributed by atoms with E-state index in [2.05, 4.69) is 15.0 Å². The lowest BCUT2D eigenvalue weighted by Crippen LogP contribution is -2.27. The lowest BCUT2D eigenvalue weighted by molar-refractivity contribution is -0.141. The third kappa shape index (κ3) is 2.75. The Hall–Kier alpha value is -2.77. The maximum absolute atomic E-state index is 13.4. The number of aryl methyl sites for hydroxylation is 1. The highest BCUT2D eigenvalue weighted by Crippen LogP contribution is 2.41. The molecule has 0 aliphatic heterocycles. The van der Waals surface area contributed by atoms with Gasteiger partial charge in [-0.15, -0.1) is 0 Å². The topological polar surface area (TPSA) is 60.7 Å². The minimum atomic E-state index is -4.73. The summed E-state index contributed by atoms with van der Waals surface area (Å²) in [5.41, 5.74) is -0.0331. The number of aromatic nitrogens is 4. The van der Waals surface area contributed by atoms with Crippen molar-refractivity contribution in [1.82, 2.24) is 19.5 Å². The number of hydrogen-bond acceptors (Lipinski definition) is 4. The molecule has 0 unspecified atom stereocenters. The summed E-state index contributed by atoms with van der Waals surface area (Å²) in [5.74, 6) is -0.150. The van der Waals surface area contributed by atoms with Crippen LogP contribution >= 0.6 is 0 Å². The van der Waals surface area contributed by atoms with Gasteiger partial charge in [0.25, 0.3) is 0 Å². The standard InChI is InChI=1S/C18H15F3N4O/c1-2-13-12-6-5-11(10-3-4-10)9-14(12)25(17(26)24-13)16-15(18(19,20)21)22-7-8-23-16/h5-10H,2-4H2,1H3. The lowest BCUT2D eigenvalue weighted by atomic mass is 10.1. The van der Waals surface area contributed by atoms with E-state index < -0.39 is 23.4 Å². The van der Waals surface area contributed by atoms with Crippen molar-refractivity contribution in [3.63, 3.8) is 0 Å². The summed E-state index contributed by atoms with van der Waals surface area (Å²) in [6.45, 7) is 1.85. The summed E-state index contributed by atoms with van der Waals surface area (Å²) >= 11 is 0. The quantitative estimate of drug-likeness (QED) is 0.716. The largest absolute Gasteiger partial charge is 0.437 e. The second-order valence-corrected chi connectivity index (χ2v) is 6.31. The van der Waals surface area contributed by atoms with Gasteiger partial charge in [0, 0.05) is 17.8 Å². The summed E-state index contributed by atoms with van der Waals surface area (Å²) in [4.78, 5) is 23.8. The summed E-state index contributed by atoms with van der Waals surface area (Å²) in [7, 11) is 0. The van der Waals surface area contributed by atoms with Crippen LogP contribution in [0.3, 0.4) is 0 Å². The average molecular weight is 360 g/mol. The fourth-order valence-corrected chi connectivity index (χ4v) is 3.15. The van der Waals surface area contributed by atoms with Gasteiger partial charge < -0.3 is 0 Å². The van der Waals surface area contributed by atoms with E-state index >= 15 is 0 Å². The van der Waals surface area contributed by atoms with Crippen LogP contribution in [-0.4, -0.2) is 19.5 Å². The van der Waals surface area contributed by atoms with Gasteiger partial charge in [0.15, 0.2) is 11.5 Å². The summed E-state index contributed by atoms with van der Waals surface area (Å²) < 4.78 is 41.1. The molecular weight excluding hydrogens is 345 g/mol. The molecule has 1 saturated carbocycles. The van der Waals surface area contributed by atoms with Gasteiger partial charge in [-0.05, 0) is 36.8 Å². The Morgan fingerprint density at radius 3 is 2.58 bits per heavy atom. The van der Waals surface area contributed by atoms with E-state index in [0.717, 1.165) is 35.4 Å². The molecule has 0 radical (unpaired) electrons. The van der Waals surface area contributed by atoms with Crippen molar-refractivity contribution >= 4 is 10.9 Å². The molecule has 0 atom stereocenters. The summed E-state index contributed by atoms with van der Waals surface area (Å²) in [6.07, 6.45) is -0.0417. The minimum Gasteiger partial charge on any atom is -0.247 e. The van der Waals surface area contributed by atoms with Crippen molar-refractivity contribution in [2.45, 2.75) is 38.3 Å². The molecule has 2 heterocycles. The van der Waals surface area contributed by atoms with E-state index in [1.165, 1.54) is 0 Å². The Labute approximate surface area is 146 Å². The van der Waals surface area contributed by atoms with Crippen LogP contribution < -0.4 is 5.69 Å². The molecule has 1 aromatic carbocycles. The van der Waals surface area contributed by atoms with Gasteiger partial charge in [0.1, 0.15) is 0 Å². The van der Waals surface area contributed by atoms with Gasteiger partial charge in [0.2, 0.25) is 0 Å². The monoisotopic (exact) mass is 360 g/mol. The van der Waals surface area contributed by atoms with E-state index in [4.69, 9.17) is 0 Å². The zero-order chi connectivity index (χ0) is 18.5.